The number of halogens is 3. The molecule has 1 amide bonds. The van der Waals surface area contributed by atoms with Crippen molar-refractivity contribution in [1.29, 1.82) is 0 Å². The minimum Gasteiger partial charge on any atom is -0.443 e. The average Bonchev–Trinajstić information content (AvgIpc) is 3.03. The molecule has 2 aromatic rings. The number of amides is 1. The number of carbonyl (C=O) groups excluding carboxylic acids is 1. The molecule has 2 heterocycles. The van der Waals surface area contributed by atoms with Crippen LogP contribution in [0, 0.1) is 6.92 Å². The molecule has 0 aromatic carbocycles. The second kappa shape index (κ2) is 10.1. The lowest BCUT2D eigenvalue weighted by Gasteiger charge is -2.24. The van der Waals surface area contributed by atoms with Gasteiger partial charge < -0.3 is 4.74 Å². The highest BCUT2D eigenvalue weighted by Crippen LogP contribution is 2.31. The second-order valence-electron chi connectivity index (χ2n) is 9.58. The minimum atomic E-state index is -4.44. The zero-order valence-corrected chi connectivity index (χ0v) is 20.6. The van der Waals surface area contributed by atoms with Gasteiger partial charge in [0.1, 0.15) is 10.4 Å². The van der Waals surface area contributed by atoms with Gasteiger partial charge in [-0.2, -0.15) is 13.2 Å². The van der Waals surface area contributed by atoms with Crippen molar-refractivity contribution in [3.05, 3.63) is 31.3 Å². The number of hydrazine groups is 1. The van der Waals surface area contributed by atoms with E-state index in [0.717, 1.165) is 39.7 Å². The fourth-order valence-electron chi connectivity index (χ4n) is 4.18. The van der Waals surface area contributed by atoms with E-state index in [9.17, 15) is 27.6 Å². The molecule has 1 aliphatic rings. The van der Waals surface area contributed by atoms with Gasteiger partial charge in [-0.3, -0.25) is 19.4 Å². The van der Waals surface area contributed by atoms with Gasteiger partial charge in [-0.15, -0.1) is 11.3 Å². The van der Waals surface area contributed by atoms with E-state index in [-0.39, 0.29) is 22.8 Å². The van der Waals surface area contributed by atoms with E-state index < -0.39 is 42.1 Å². The van der Waals surface area contributed by atoms with Gasteiger partial charge >= 0.3 is 18.0 Å². The van der Waals surface area contributed by atoms with Crippen LogP contribution < -0.4 is 22.1 Å². The maximum Gasteiger partial charge on any atom is 0.422 e. The fraction of sp³-hybridized carbons (Fsp3) is 0.682. The second-order valence-corrected chi connectivity index (χ2v) is 10.7. The molecule has 0 atom stereocenters. The highest BCUT2D eigenvalue weighted by Gasteiger charge is 2.30. The van der Waals surface area contributed by atoms with Crippen molar-refractivity contribution in [2.75, 3.05) is 0 Å². The van der Waals surface area contributed by atoms with Crippen LogP contribution in [-0.4, -0.2) is 27.0 Å². The van der Waals surface area contributed by atoms with Crippen LogP contribution in [0.3, 0.4) is 0 Å². The van der Waals surface area contributed by atoms with E-state index >= 15 is 0 Å². The Morgan fingerprint density at radius 3 is 2.38 bits per heavy atom. The first-order valence-corrected chi connectivity index (χ1v) is 12.2. The highest BCUT2D eigenvalue weighted by atomic mass is 32.1. The maximum atomic E-state index is 13.4. The van der Waals surface area contributed by atoms with Crippen molar-refractivity contribution in [3.63, 3.8) is 0 Å². The summed E-state index contributed by atoms with van der Waals surface area (Å²) in [5.74, 6) is 0. The lowest BCUT2D eigenvalue weighted by molar-refractivity contribution is -0.136. The van der Waals surface area contributed by atoms with Crippen LogP contribution in [0.5, 0.6) is 0 Å². The normalized spacial score (nSPS) is 15.6. The molecule has 190 valence electrons. The Labute approximate surface area is 199 Å². The number of ether oxygens (including phenoxy) is 1. The van der Waals surface area contributed by atoms with E-state index in [1.54, 1.807) is 27.7 Å². The van der Waals surface area contributed by atoms with Gasteiger partial charge in [-0.1, -0.05) is 19.3 Å². The molecular weight excluding hydrogens is 473 g/mol. The first kappa shape index (κ1) is 26.3. The molecule has 0 spiro atoms. The van der Waals surface area contributed by atoms with Crippen molar-refractivity contribution in [2.24, 2.45) is 0 Å². The number of aromatic nitrogens is 2. The number of nitrogens with one attached hydrogen (secondary N) is 2. The molecule has 1 saturated carbocycles. The van der Waals surface area contributed by atoms with Crippen molar-refractivity contribution < 1.29 is 22.7 Å². The molecule has 0 saturated heterocycles. The van der Waals surface area contributed by atoms with Crippen molar-refractivity contribution in [1.82, 2.24) is 20.0 Å². The number of aryl methyl sites for hydroxylation is 2. The van der Waals surface area contributed by atoms with E-state index in [1.165, 1.54) is 0 Å². The number of alkyl halides is 3. The smallest absolute Gasteiger partial charge is 0.422 e. The summed E-state index contributed by atoms with van der Waals surface area (Å²) in [4.78, 5) is 39.4. The lowest BCUT2D eigenvalue weighted by Crippen LogP contribution is -2.43. The number of fused-ring (bicyclic) bond motifs is 1. The SMILES string of the molecule is Cc1c(CNNC(=O)OC(C)(C)C)sc2c1c(=O)n(C1CCCCC1)c(=O)n2CCC(F)(F)F. The molecule has 2 N–H and O–H groups in total. The fourth-order valence-corrected chi connectivity index (χ4v) is 5.43. The van der Waals surface area contributed by atoms with Crippen LogP contribution in [-0.2, 0) is 17.8 Å². The van der Waals surface area contributed by atoms with E-state index in [4.69, 9.17) is 4.74 Å². The highest BCUT2D eigenvalue weighted by molar-refractivity contribution is 7.18. The van der Waals surface area contributed by atoms with Gasteiger partial charge in [0, 0.05) is 24.0 Å². The molecule has 12 heteroatoms. The van der Waals surface area contributed by atoms with Crippen LogP contribution in [0.25, 0.3) is 10.2 Å². The first-order valence-electron chi connectivity index (χ1n) is 11.3. The van der Waals surface area contributed by atoms with E-state index in [2.05, 4.69) is 10.9 Å². The first-order chi connectivity index (χ1) is 15.8. The third-order valence-corrected chi connectivity index (χ3v) is 7.05. The number of hydrogen-bond acceptors (Lipinski definition) is 6. The van der Waals surface area contributed by atoms with E-state index in [1.807, 2.05) is 0 Å². The Morgan fingerprint density at radius 1 is 1.15 bits per heavy atom. The predicted octanol–water partition coefficient (Wildman–Crippen LogP) is 4.52. The maximum absolute atomic E-state index is 13.4. The van der Waals surface area contributed by atoms with Gasteiger partial charge in [0.2, 0.25) is 0 Å². The molecule has 0 bridgehead atoms. The topological polar surface area (TPSA) is 94.4 Å². The van der Waals surface area contributed by atoms with Crippen molar-refractivity contribution in [2.45, 2.75) is 97.1 Å². The molecule has 2 aromatic heterocycles. The number of nitrogens with zero attached hydrogens (tertiary/aromatic N) is 2. The van der Waals surface area contributed by atoms with Crippen molar-refractivity contribution >= 4 is 27.6 Å². The summed E-state index contributed by atoms with van der Waals surface area (Å²) >= 11 is 1.08. The standard InChI is InChI=1S/C22H31F3N4O4S/c1-13-15(12-26-27-19(31)33-21(2,3)4)34-18-16(13)17(30)29(14-8-6-5-7-9-14)20(32)28(18)11-10-22(23,24)25/h14,26H,5-12H2,1-4H3,(H,27,31). The Bertz CT molecular complexity index is 1150. The molecule has 8 nitrogen and oxygen atoms in total. The molecule has 0 unspecified atom stereocenters. The quantitative estimate of drug-likeness (QED) is 0.564. The van der Waals surface area contributed by atoms with Gasteiger partial charge in [-0.25, -0.2) is 15.0 Å². The predicted molar refractivity (Wildman–Crippen MR) is 124 cm³/mol. The largest absolute Gasteiger partial charge is 0.443 e. The third-order valence-electron chi connectivity index (χ3n) is 5.74. The zero-order valence-electron chi connectivity index (χ0n) is 19.8. The summed E-state index contributed by atoms with van der Waals surface area (Å²) in [5.41, 5.74) is 3.87. The molecule has 34 heavy (non-hydrogen) atoms. The average molecular weight is 505 g/mol. The molecule has 1 aliphatic carbocycles. The molecule has 0 radical (unpaired) electrons. The Balaban J connectivity index is 1.99. The number of rotatable bonds is 6. The Kier molecular flexibility index (Phi) is 7.81. The summed E-state index contributed by atoms with van der Waals surface area (Å²) < 4.78 is 46.4. The molecule has 1 fully saturated rings. The van der Waals surface area contributed by atoms with Crippen LogP contribution in [0.1, 0.15) is 75.8 Å². The lowest BCUT2D eigenvalue weighted by atomic mass is 9.95. The zero-order chi connectivity index (χ0) is 25.3. The minimum absolute atomic E-state index is 0.112. The van der Waals surface area contributed by atoms with Gasteiger partial charge in [0.15, 0.2) is 0 Å². The van der Waals surface area contributed by atoms with Crippen LogP contribution in [0.4, 0.5) is 18.0 Å². The summed E-state index contributed by atoms with van der Waals surface area (Å²) in [6, 6.07) is -0.315. The summed E-state index contributed by atoms with van der Waals surface area (Å²) in [6.07, 6.45) is -2.26. The number of hydrogen-bond donors (Lipinski definition) is 2. The monoisotopic (exact) mass is 504 g/mol. The molecule has 0 aliphatic heterocycles. The molecule has 3 rings (SSSR count). The Morgan fingerprint density at radius 2 is 1.79 bits per heavy atom. The summed E-state index contributed by atoms with van der Waals surface area (Å²) in [6.45, 7) is 6.42. The molecular formula is C22H31F3N4O4S. The Hall–Kier alpha value is -2.34. The van der Waals surface area contributed by atoms with Gasteiger partial charge in [-0.05, 0) is 46.1 Å². The van der Waals surface area contributed by atoms with Crippen LogP contribution >= 0.6 is 11.3 Å². The van der Waals surface area contributed by atoms with E-state index in [0.29, 0.717) is 23.3 Å². The van der Waals surface area contributed by atoms with Gasteiger partial charge in [0.25, 0.3) is 5.56 Å². The number of carbonyl (C=O) groups is 1. The summed E-state index contributed by atoms with van der Waals surface area (Å²) in [5, 5.41) is 0.256. The van der Waals surface area contributed by atoms with Gasteiger partial charge in [0.05, 0.1) is 11.8 Å². The van der Waals surface area contributed by atoms with Crippen LogP contribution in [0.15, 0.2) is 9.59 Å². The summed E-state index contributed by atoms with van der Waals surface area (Å²) in [7, 11) is 0. The third kappa shape index (κ3) is 6.21. The van der Waals surface area contributed by atoms with Crippen LogP contribution in [0.2, 0.25) is 0 Å². The number of thiophene rings is 1. The van der Waals surface area contributed by atoms with Crippen molar-refractivity contribution in [3.8, 4) is 0 Å².